The highest BCUT2D eigenvalue weighted by Gasteiger charge is 2.07. The first kappa shape index (κ1) is 17.9. The fourth-order valence-electron chi connectivity index (χ4n) is 3.15. The topological polar surface area (TPSA) is 67.4 Å². The lowest BCUT2D eigenvalue weighted by Gasteiger charge is -2.14. The normalized spacial score (nSPS) is 11.7. The molecule has 0 aliphatic carbocycles. The second kappa shape index (κ2) is 8.43. The summed E-state index contributed by atoms with van der Waals surface area (Å²) in [7, 11) is 1.77. The molecule has 6 nitrogen and oxygen atoms in total. The zero-order valence-corrected chi connectivity index (χ0v) is 15.8. The van der Waals surface area contributed by atoms with E-state index in [1.54, 1.807) is 13.2 Å². The van der Waals surface area contributed by atoms with Gasteiger partial charge in [-0.05, 0) is 29.3 Å². The Labute approximate surface area is 163 Å². The Morgan fingerprint density at radius 2 is 1.79 bits per heavy atom. The maximum Gasteiger partial charge on any atom is 0.191 e. The van der Waals surface area contributed by atoms with Gasteiger partial charge in [0.2, 0.25) is 0 Å². The molecule has 0 unspecified atom stereocenters. The molecule has 0 bridgehead atoms. The number of rotatable bonds is 6. The third-order valence-electron chi connectivity index (χ3n) is 4.59. The first-order valence-corrected chi connectivity index (χ1v) is 9.28. The zero-order chi connectivity index (χ0) is 19.2. The van der Waals surface area contributed by atoms with Crippen molar-refractivity contribution in [2.75, 3.05) is 7.05 Å². The number of hydrogen-bond acceptors (Lipinski definition) is 3. The van der Waals surface area contributed by atoms with E-state index < -0.39 is 0 Å². The van der Waals surface area contributed by atoms with E-state index in [-0.39, 0.29) is 0 Å². The molecule has 0 saturated heterocycles. The van der Waals surface area contributed by atoms with Crippen molar-refractivity contribution in [3.63, 3.8) is 0 Å². The Kier molecular flexibility index (Phi) is 5.38. The standard InChI is InChI=1S/C22H23N5O/c1-23-22(25-15-20-13-17-7-4-5-10-21(17)28-20)24-14-18-8-2-3-9-19(18)16-27-12-6-11-26-27/h2-13H,14-16H2,1H3,(H2,23,24,25). The van der Waals surface area contributed by atoms with Crippen LogP contribution < -0.4 is 10.6 Å². The third kappa shape index (κ3) is 4.23. The van der Waals surface area contributed by atoms with Gasteiger partial charge in [-0.1, -0.05) is 42.5 Å². The van der Waals surface area contributed by atoms with Gasteiger partial charge in [-0.15, -0.1) is 0 Å². The van der Waals surface area contributed by atoms with Gasteiger partial charge in [-0.25, -0.2) is 0 Å². The quantitative estimate of drug-likeness (QED) is 0.401. The predicted molar refractivity (Wildman–Crippen MR) is 111 cm³/mol. The highest BCUT2D eigenvalue weighted by Crippen LogP contribution is 2.18. The number of guanidine groups is 1. The molecular formula is C22H23N5O. The van der Waals surface area contributed by atoms with Crippen molar-refractivity contribution in [2.24, 2.45) is 4.99 Å². The molecule has 28 heavy (non-hydrogen) atoms. The van der Waals surface area contributed by atoms with E-state index >= 15 is 0 Å². The monoisotopic (exact) mass is 373 g/mol. The Bertz CT molecular complexity index is 1030. The van der Waals surface area contributed by atoms with Crippen LogP contribution in [0.25, 0.3) is 11.0 Å². The summed E-state index contributed by atoms with van der Waals surface area (Å²) in [5, 5.41) is 12.1. The molecule has 0 saturated carbocycles. The van der Waals surface area contributed by atoms with Crippen LogP contribution in [0, 0.1) is 0 Å². The van der Waals surface area contributed by atoms with Crippen molar-refractivity contribution < 1.29 is 4.42 Å². The van der Waals surface area contributed by atoms with Crippen LogP contribution in [0.3, 0.4) is 0 Å². The minimum atomic E-state index is 0.573. The summed E-state index contributed by atoms with van der Waals surface area (Å²) in [6, 6.07) is 20.3. The molecule has 2 N–H and O–H groups in total. The van der Waals surface area contributed by atoms with Crippen LogP contribution in [0.15, 0.2) is 82.5 Å². The van der Waals surface area contributed by atoms with Crippen LogP contribution in [0.5, 0.6) is 0 Å². The van der Waals surface area contributed by atoms with Gasteiger partial charge in [-0.2, -0.15) is 5.10 Å². The number of furan rings is 1. The van der Waals surface area contributed by atoms with E-state index in [0.29, 0.717) is 13.1 Å². The Hall–Kier alpha value is -3.54. The summed E-state index contributed by atoms with van der Waals surface area (Å²) in [6.45, 7) is 2.00. The van der Waals surface area contributed by atoms with Crippen LogP contribution in [0.4, 0.5) is 0 Å². The summed E-state index contributed by atoms with van der Waals surface area (Å²) < 4.78 is 7.77. The minimum Gasteiger partial charge on any atom is -0.459 e. The smallest absolute Gasteiger partial charge is 0.191 e. The molecule has 6 heteroatoms. The molecule has 0 fully saturated rings. The summed E-state index contributed by atoms with van der Waals surface area (Å²) >= 11 is 0. The van der Waals surface area contributed by atoms with Gasteiger partial charge in [0, 0.05) is 31.4 Å². The van der Waals surface area contributed by atoms with Gasteiger partial charge in [0.1, 0.15) is 11.3 Å². The molecule has 2 aromatic carbocycles. The van der Waals surface area contributed by atoms with Crippen molar-refractivity contribution in [3.8, 4) is 0 Å². The van der Waals surface area contributed by atoms with Crippen LogP contribution in [-0.4, -0.2) is 22.8 Å². The van der Waals surface area contributed by atoms with Crippen LogP contribution in [-0.2, 0) is 19.6 Å². The minimum absolute atomic E-state index is 0.573. The van der Waals surface area contributed by atoms with Gasteiger partial charge < -0.3 is 15.1 Å². The second-order valence-corrected chi connectivity index (χ2v) is 6.50. The number of benzene rings is 2. The number of aromatic nitrogens is 2. The van der Waals surface area contributed by atoms with E-state index in [0.717, 1.165) is 29.2 Å². The van der Waals surface area contributed by atoms with Crippen molar-refractivity contribution in [1.29, 1.82) is 0 Å². The summed E-state index contributed by atoms with van der Waals surface area (Å²) in [5.41, 5.74) is 3.34. The van der Waals surface area contributed by atoms with Crippen LogP contribution >= 0.6 is 0 Å². The Balaban J connectivity index is 1.37. The highest BCUT2D eigenvalue weighted by atomic mass is 16.3. The first-order valence-electron chi connectivity index (χ1n) is 9.28. The lowest BCUT2D eigenvalue weighted by molar-refractivity contribution is 0.538. The van der Waals surface area contributed by atoms with E-state index in [1.807, 2.05) is 47.3 Å². The average molecular weight is 373 g/mol. The Morgan fingerprint density at radius 3 is 2.57 bits per heavy atom. The second-order valence-electron chi connectivity index (χ2n) is 6.50. The fraction of sp³-hybridized carbons (Fsp3) is 0.182. The molecule has 0 atom stereocenters. The summed E-state index contributed by atoms with van der Waals surface area (Å²) in [5.74, 6) is 1.61. The number of para-hydroxylation sites is 1. The Morgan fingerprint density at radius 1 is 1.00 bits per heavy atom. The van der Waals surface area contributed by atoms with Gasteiger partial charge >= 0.3 is 0 Å². The van der Waals surface area contributed by atoms with Gasteiger partial charge in [0.25, 0.3) is 0 Å². The number of aliphatic imine (C=N–C) groups is 1. The average Bonchev–Trinajstić information content (AvgIpc) is 3.38. The molecule has 2 aromatic heterocycles. The third-order valence-corrected chi connectivity index (χ3v) is 4.59. The molecular weight excluding hydrogens is 350 g/mol. The molecule has 4 rings (SSSR count). The number of fused-ring (bicyclic) bond motifs is 1. The van der Waals surface area contributed by atoms with Gasteiger partial charge in [-0.3, -0.25) is 9.67 Å². The van der Waals surface area contributed by atoms with E-state index in [9.17, 15) is 0 Å². The van der Waals surface area contributed by atoms with Crippen molar-refractivity contribution in [3.05, 3.63) is 89.9 Å². The molecule has 0 spiro atoms. The summed E-state index contributed by atoms with van der Waals surface area (Å²) in [4.78, 5) is 4.31. The highest BCUT2D eigenvalue weighted by molar-refractivity contribution is 5.80. The number of nitrogens with one attached hydrogen (secondary N) is 2. The molecule has 142 valence electrons. The summed E-state index contributed by atoms with van der Waals surface area (Å²) in [6.07, 6.45) is 3.77. The van der Waals surface area contributed by atoms with E-state index in [4.69, 9.17) is 4.42 Å². The molecule has 2 heterocycles. The first-order chi connectivity index (χ1) is 13.8. The van der Waals surface area contributed by atoms with Gasteiger partial charge in [0.05, 0.1) is 13.1 Å². The lowest BCUT2D eigenvalue weighted by Crippen LogP contribution is -2.36. The van der Waals surface area contributed by atoms with Crippen LogP contribution in [0.1, 0.15) is 16.9 Å². The molecule has 0 aliphatic heterocycles. The maximum atomic E-state index is 5.85. The van der Waals surface area contributed by atoms with Crippen molar-refractivity contribution in [1.82, 2.24) is 20.4 Å². The SMILES string of the molecule is CN=C(NCc1cc2ccccc2o1)NCc1ccccc1Cn1cccn1. The predicted octanol–water partition coefficient (Wildman–Crippen LogP) is 3.54. The van der Waals surface area contributed by atoms with Gasteiger partial charge in [0.15, 0.2) is 5.96 Å². The van der Waals surface area contributed by atoms with Crippen molar-refractivity contribution >= 4 is 16.9 Å². The maximum absolute atomic E-state index is 5.85. The molecule has 0 radical (unpaired) electrons. The van der Waals surface area contributed by atoms with E-state index in [2.05, 4.69) is 45.0 Å². The van der Waals surface area contributed by atoms with E-state index in [1.165, 1.54) is 11.1 Å². The van der Waals surface area contributed by atoms with Crippen LogP contribution in [0.2, 0.25) is 0 Å². The number of nitrogens with zero attached hydrogens (tertiary/aromatic N) is 3. The van der Waals surface area contributed by atoms with Crippen molar-refractivity contribution in [2.45, 2.75) is 19.6 Å². The largest absolute Gasteiger partial charge is 0.459 e. The fourth-order valence-corrected chi connectivity index (χ4v) is 3.15. The molecule has 0 amide bonds. The number of hydrogen-bond donors (Lipinski definition) is 2. The zero-order valence-electron chi connectivity index (χ0n) is 15.8. The lowest BCUT2D eigenvalue weighted by atomic mass is 10.1. The molecule has 0 aliphatic rings. The molecule has 4 aromatic rings.